The lowest BCUT2D eigenvalue weighted by Crippen LogP contribution is -2.28. The van der Waals surface area contributed by atoms with E-state index in [1.165, 1.54) is 64.2 Å². The summed E-state index contributed by atoms with van der Waals surface area (Å²) in [5.41, 5.74) is 6.28. The van der Waals surface area contributed by atoms with Gasteiger partial charge in [-0.1, -0.05) is 72.1 Å². The topological polar surface area (TPSA) is 26.0 Å². The van der Waals surface area contributed by atoms with Crippen LogP contribution in [0.4, 0.5) is 0 Å². The van der Waals surface area contributed by atoms with Gasteiger partial charge in [0.05, 0.1) is 0 Å². The third-order valence-corrected chi connectivity index (χ3v) is 5.18. The molecule has 0 radical (unpaired) electrons. The molecule has 0 bridgehead atoms. The van der Waals surface area contributed by atoms with Gasteiger partial charge in [0.1, 0.15) is 0 Å². The van der Waals surface area contributed by atoms with E-state index in [9.17, 15) is 0 Å². The van der Waals surface area contributed by atoms with Crippen molar-refractivity contribution < 1.29 is 0 Å². The molecule has 108 valence electrons. The monoisotopic (exact) mass is 253 g/mol. The first-order chi connectivity index (χ1) is 8.69. The van der Waals surface area contributed by atoms with Crippen molar-refractivity contribution >= 4 is 0 Å². The first-order valence-corrected chi connectivity index (χ1v) is 8.44. The van der Waals surface area contributed by atoms with Gasteiger partial charge in [-0.3, -0.25) is 0 Å². The number of hydrogen-bond donors (Lipinski definition) is 1. The molecular weight excluding hydrogens is 218 g/mol. The zero-order chi connectivity index (χ0) is 13.4. The van der Waals surface area contributed by atoms with Crippen molar-refractivity contribution in [2.45, 2.75) is 91.0 Å². The Bertz CT molecular complexity index is 202. The summed E-state index contributed by atoms with van der Waals surface area (Å²) in [6, 6.07) is 0.452. The Kier molecular flexibility index (Phi) is 7.97. The summed E-state index contributed by atoms with van der Waals surface area (Å²) in [7, 11) is 0. The van der Waals surface area contributed by atoms with Gasteiger partial charge < -0.3 is 5.73 Å². The summed E-state index contributed by atoms with van der Waals surface area (Å²) in [4.78, 5) is 0. The van der Waals surface area contributed by atoms with Crippen molar-refractivity contribution in [2.24, 2.45) is 23.5 Å². The van der Waals surface area contributed by atoms with Crippen LogP contribution in [0, 0.1) is 17.8 Å². The average molecular weight is 253 g/mol. The second kappa shape index (κ2) is 8.96. The van der Waals surface area contributed by atoms with Crippen molar-refractivity contribution in [2.75, 3.05) is 0 Å². The first kappa shape index (κ1) is 16.0. The van der Waals surface area contributed by atoms with Crippen LogP contribution < -0.4 is 5.73 Å². The Balaban J connectivity index is 2.56. The fourth-order valence-electron chi connectivity index (χ4n) is 3.75. The maximum Gasteiger partial charge on any atom is 0.00645 e. The van der Waals surface area contributed by atoms with E-state index in [1.54, 1.807) is 0 Å². The quantitative estimate of drug-likeness (QED) is 0.740. The second-order valence-electron chi connectivity index (χ2n) is 6.57. The zero-order valence-corrected chi connectivity index (χ0v) is 13.0. The Labute approximate surface area is 115 Å². The number of rotatable bonds is 3. The molecule has 18 heavy (non-hydrogen) atoms. The van der Waals surface area contributed by atoms with Crippen LogP contribution in [0.1, 0.15) is 85.0 Å². The summed E-state index contributed by atoms with van der Waals surface area (Å²) in [6.45, 7) is 7.09. The second-order valence-corrected chi connectivity index (χ2v) is 6.57. The van der Waals surface area contributed by atoms with Crippen molar-refractivity contribution in [1.82, 2.24) is 0 Å². The molecule has 4 unspecified atom stereocenters. The molecule has 0 spiro atoms. The Morgan fingerprint density at radius 3 is 2.22 bits per heavy atom. The standard InChI is InChI=1S/C17H35N/c1-4-9-16-12-8-10-14(3)17(18)13-7-6-11-15(16)5-2/h14-17H,4-13,18H2,1-3H3. The van der Waals surface area contributed by atoms with Crippen molar-refractivity contribution in [3.05, 3.63) is 0 Å². The van der Waals surface area contributed by atoms with Crippen LogP contribution in [0.2, 0.25) is 0 Å². The molecular formula is C17H35N. The van der Waals surface area contributed by atoms with Gasteiger partial charge in [-0.25, -0.2) is 0 Å². The van der Waals surface area contributed by atoms with Gasteiger partial charge in [0, 0.05) is 6.04 Å². The predicted molar refractivity (Wildman–Crippen MR) is 81.6 cm³/mol. The summed E-state index contributed by atoms with van der Waals surface area (Å²) >= 11 is 0. The molecule has 0 aromatic heterocycles. The molecule has 1 aliphatic carbocycles. The molecule has 2 N–H and O–H groups in total. The van der Waals surface area contributed by atoms with Crippen LogP contribution in [0.3, 0.4) is 0 Å². The Morgan fingerprint density at radius 1 is 0.889 bits per heavy atom. The van der Waals surface area contributed by atoms with Gasteiger partial charge >= 0.3 is 0 Å². The highest BCUT2D eigenvalue weighted by Crippen LogP contribution is 2.32. The van der Waals surface area contributed by atoms with E-state index in [0.717, 1.165) is 17.8 Å². The zero-order valence-electron chi connectivity index (χ0n) is 13.0. The van der Waals surface area contributed by atoms with E-state index in [0.29, 0.717) is 6.04 Å². The Hall–Kier alpha value is -0.0400. The fraction of sp³-hybridized carbons (Fsp3) is 1.00. The molecule has 1 rings (SSSR count). The molecule has 0 aromatic carbocycles. The van der Waals surface area contributed by atoms with Gasteiger partial charge in [-0.15, -0.1) is 0 Å². The summed E-state index contributed by atoms with van der Waals surface area (Å²) in [6.07, 6.45) is 13.8. The van der Waals surface area contributed by atoms with Crippen molar-refractivity contribution in [3.8, 4) is 0 Å². The van der Waals surface area contributed by atoms with Crippen LogP contribution in [0.5, 0.6) is 0 Å². The smallest absolute Gasteiger partial charge is 0.00645 e. The Morgan fingerprint density at radius 2 is 1.56 bits per heavy atom. The fourth-order valence-corrected chi connectivity index (χ4v) is 3.75. The highest BCUT2D eigenvalue weighted by molar-refractivity contribution is 4.75. The minimum Gasteiger partial charge on any atom is -0.327 e. The lowest BCUT2D eigenvalue weighted by atomic mass is 9.80. The average Bonchev–Trinajstić information content (AvgIpc) is 2.39. The molecule has 1 fully saturated rings. The van der Waals surface area contributed by atoms with E-state index < -0.39 is 0 Å². The molecule has 4 atom stereocenters. The maximum atomic E-state index is 6.28. The normalized spacial score (nSPS) is 36.0. The van der Waals surface area contributed by atoms with E-state index in [-0.39, 0.29) is 0 Å². The van der Waals surface area contributed by atoms with E-state index in [1.807, 2.05) is 0 Å². The minimum atomic E-state index is 0.452. The first-order valence-electron chi connectivity index (χ1n) is 8.44. The van der Waals surface area contributed by atoms with Gasteiger partial charge in [-0.05, 0) is 30.6 Å². The molecule has 1 heteroatoms. The predicted octanol–water partition coefficient (Wildman–Crippen LogP) is 5.14. The SMILES string of the molecule is CCCC1CCCC(C)C(N)CCCCC1CC. The van der Waals surface area contributed by atoms with Gasteiger partial charge in [0.25, 0.3) is 0 Å². The largest absolute Gasteiger partial charge is 0.327 e. The summed E-state index contributed by atoms with van der Waals surface area (Å²) in [5, 5.41) is 0. The molecule has 0 saturated heterocycles. The van der Waals surface area contributed by atoms with E-state index >= 15 is 0 Å². The molecule has 1 aliphatic rings. The molecule has 0 aliphatic heterocycles. The van der Waals surface area contributed by atoms with Crippen LogP contribution in [-0.2, 0) is 0 Å². The van der Waals surface area contributed by atoms with Crippen molar-refractivity contribution in [1.29, 1.82) is 0 Å². The number of nitrogens with two attached hydrogens (primary N) is 1. The molecule has 0 amide bonds. The van der Waals surface area contributed by atoms with E-state index in [4.69, 9.17) is 5.73 Å². The third kappa shape index (κ3) is 5.30. The van der Waals surface area contributed by atoms with Crippen LogP contribution in [0.15, 0.2) is 0 Å². The van der Waals surface area contributed by atoms with Crippen LogP contribution in [0.25, 0.3) is 0 Å². The number of hydrogen-bond acceptors (Lipinski definition) is 1. The highest BCUT2D eigenvalue weighted by atomic mass is 14.6. The van der Waals surface area contributed by atoms with Gasteiger partial charge in [0.2, 0.25) is 0 Å². The van der Waals surface area contributed by atoms with Gasteiger partial charge in [0.15, 0.2) is 0 Å². The summed E-state index contributed by atoms with van der Waals surface area (Å²) < 4.78 is 0. The summed E-state index contributed by atoms with van der Waals surface area (Å²) in [5.74, 6) is 2.70. The third-order valence-electron chi connectivity index (χ3n) is 5.18. The lowest BCUT2D eigenvalue weighted by Gasteiger charge is -2.26. The van der Waals surface area contributed by atoms with Crippen LogP contribution in [-0.4, -0.2) is 6.04 Å². The highest BCUT2D eigenvalue weighted by Gasteiger charge is 2.21. The minimum absolute atomic E-state index is 0.452. The molecule has 0 aromatic rings. The molecule has 1 saturated carbocycles. The molecule has 0 heterocycles. The van der Waals surface area contributed by atoms with E-state index in [2.05, 4.69) is 20.8 Å². The van der Waals surface area contributed by atoms with Gasteiger partial charge in [-0.2, -0.15) is 0 Å². The van der Waals surface area contributed by atoms with Crippen molar-refractivity contribution in [3.63, 3.8) is 0 Å². The van der Waals surface area contributed by atoms with Crippen LogP contribution >= 0.6 is 0 Å². The lowest BCUT2D eigenvalue weighted by molar-refractivity contribution is 0.255. The molecule has 1 nitrogen and oxygen atoms in total. The maximum absolute atomic E-state index is 6.28.